The van der Waals surface area contributed by atoms with Crippen LogP contribution in [-0.4, -0.2) is 18.5 Å². The lowest BCUT2D eigenvalue weighted by Crippen LogP contribution is -2.45. The number of rotatable bonds is 7. The van der Waals surface area contributed by atoms with E-state index in [-0.39, 0.29) is 5.02 Å². The van der Waals surface area contributed by atoms with E-state index in [0.29, 0.717) is 11.5 Å². The third-order valence-electron chi connectivity index (χ3n) is 6.08. The summed E-state index contributed by atoms with van der Waals surface area (Å²) in [5, 5.41) is -0.357. The highest BCUT2D eigenvalue weighted by atomic mass is 35.5. The fourth-order valence-electron chi connectivity index (χ4n) is 4.07. The summed E-state index contributed by atoms with van der Waals surface area (Å²) in [4.78, 5) is 0. The average molecular weight is 491 g/mol. The van der Waals surface area contributed by atoms with Crippen LogP contribution in [-0.2, 0) is 0 Å². The third-order valence-corrected chi connectivity index (χ3v) is 6.38. The smallest absolute Gasteiger partial charge is 0.429 e. The first-order valence-corrected chi connectivity index (χ1v) is 11.2. The van der Waals surface area contributed by atoms with E-state index >= 15 is 0 Å². The average Bonchev–Trinajstić information content (AvgIpc) is 2.78. The predicted octanol–water partition coefficient (Wildman–Crippen LogP) is 9.07. The Morgan fingerprint density at radius 3 is 2.06 bits per heavy atom. The molecule has 33 heavy (non-hydrogen) atoms. The Balaban J connectivity index is 1.63. The number of alkyl halides is 6. The molecule has 0 heterocycles. The van der Waals surface area contributed by atoms with Crippen LogP contribution in [0.2, 0.25) is 5.02 Å². The third kappa shape index (κ3) is 6.69. The molecule has 0 saturated heterocycles. The molecular formula is C25H25ClF6O. The Morgan fingerprint density at radius 1 is 0.939 bits per heavy atom. The Labute approximate surface area is 194 Å². The van der Waals surface area contributed by atoms with E-state index in [4.69, 9.17) is 11.6 Å². The maximum atomic E-state index is 13.5. The van der Waals surface area contributed by atoms with Crippen molar-refractivity contribution < 1.29 is 31.1 Å². The van der Waals surface area contributed by atoms with Gasteiger partial charge in [-0.3, -0.25) is 0 Å². The second-order valence-electron chi connectivity index (χ2n) is 8.38. The monoisotopic (exact) mass is 490 g/mol. The van der Waals surface area contributed by atoms with Gasteiger partial charge in [-0.25, -0.2) is 4.39 Å². The van der Waals surface area contributed by atoms with Crippen LogP contribution in [0.1, 0.15) is 61.6 Å². The van der Waals surface area contributed by atoms with Crippen molar-refractivity contribution in [2.45, 2.75) is 63.4 Å². The minimum Gasteiger partial charge on any atom is -0.429 e. The summed E-state index contributed by atoms with van der Waals surface area (Å²) in [5.41, 5.74) is 2.76. The van der Waals surface area contributed by atoms with Crippen LogP contribution in [0.15, 0.2) is 42.5 Å². The molecule has 0 bridgehead atoms. The van der Waals surface area contributed by atoms with Crippen molar-refractivity contribution in [1.29, 1.82) is 0 Å². The zero-order valence-electron chi connectivity index (χ0n) is 18.0. The first-order chi connectivity index (χ1) is 15.5. The summed E-state index contributed by atoms with van der Waals surface area (Å²) < 4.78 is 80.7. The van der Waals surface area contributed by atoms with Crippen LogP contribution in [0.3, 0.4) is 0 Å². The second-order valence-corrected chi connectivity index (χ2v) is 8.79. The van der Waals surface area contributed by atoms with Gasteiger partial charge >= 0.3 is 12.3 Å². The fourth-order valence-corrected chi connectivity index (χ4v) is 4.30. The number of halogens is 7. The van der Waals surface area contributed by atoms with Gasteiger partial charge in [0.05, 0.1) is 5.02 Å². The van der Waals surface area contributed by atoms with Gasteiger partial charge < -0.3 is 4.74 Å². The lowest BCUT2D eigenvalue weighted by molar-refractivity contribution is -0.304. The fraction of sp³-hybridized carbons (Fsp3) is 0.440. The van der Waals surface area contributed by atoms with Crippen LogP contribution in [0.5, 0.6) is 5.75 Å². The van der Waals surface area contributed by atoms with E-state index in [0.717, 1.165) is 17.5 Å². The van der Waals surface area contributed by atoms with Crippen molar-refractivity contribution in [2.24, 2.45) is 5.92 Å². The standard InChI is InChI=1S/C25H25ClF6O/c1-2-16-5-10-19(11-6-16)20-12-7-17(8-13-20)3-4-18-9-14-22(21(26)15-18)33-25(31,32)23(27)24(28,29)30/h3-4,7-9,12-16,19,23H,2,5-6,10-11H2,1H3. The quantitative estimate of drug-likeness (QED) is 0.278. The molecule has 1 aliphatic rings. The largest absolute Gasteiger partial charge is 0.439 e. The van der Waals surface area contributed by atoms with Crippen molar-refractivity contribution in [1.82, 2.24) is 0 Å². The Morgan fingerprint density at radius 2 is 1.52 bits per heavy atom. The normalized spacial score (nSPS) is 20.7. The topological polar surface area (TPSA) is 9.23 Å². The Kier molecular flexibility index (Phi) is 8.04. The number of hydrogen-bond donors (Lipinski definition) is 0. The maximum absolute atomic E-state index is 13.5. The van der Waals surface area contributed by atoms with Crippen LogP contribution < -0.4 is 4.74 Å². The van der Waals surface area contributed by atoms with E-state index in [2.05, 4.69) is 23.8 Å². The highest BCUT2D eigenvalue weighted by Crippen LogP contribution is 2.39. The van der Waals surface area contributed by atoms with Gasteiger partial charge in [-0.1, -0.05) is 67.4 Å². The molecule has 1 unspecified atom stereocenters. The zero-order chi connectivity index (χ0) is 24.2. The first kappa shape index (κ1) is 25.5. The van der Waals surface area contributed by atoms with Crippen molar-refractivity contribution >= 4 is 23.8 Å². The van der Waals surface area contributed by atoms with Gasteiger partial charge in [-0.05, 0) is 66.3 Å². The molecule has 1 aliphatic carbocycles. The molecule has 0 aliphatic heterocycles. The SMILES string of the molecule is CCC1CCC(c2ccc(C=Cc3ccc(OC(F)(F)C(F)C(F)(F)F)c(Cl)c3)cc2)CC1. The van der Waals surface area contributed by atoms with E-state index in [1.807, 2.05) is 12.1 Å². The van der Waals surface area contributed by atoms with Gasteiger partial charge in [0.25, 0.3) is 6.17 Å². The van der Waals surface area contributed by atoms with Crippen molar-refractivity contribution in [3.63, 3.8) is 0 Å². The summed E-state index contributed by atoms with van der Waals surface area (Å²) in [6, 6.07) is 11.8. The molecule has 0 N–H and O–H groups in total. The van der Waals surface area contributed by atoms with Gasteiger partial charge in [0.2, 0.25) is 0 Å². The summed E-state index contributed by atoms with van der Waals surface area (Å²) in [6.07, 6.45) is -5.68. The van der Waals surface area contributed by atoms with Gasteiger partial charge in [0, 0.05) is 0 Å². The predicted molar refractivity (Wildman–Crippen MR) is 118 cm³/mol. The highest BCUT2D eigenvalue weighted by Gasteiger charge is 2.59. The van der Waals surface area contributed by atoms with E-state index in [1.165, 1.54) is 49.8 Å². The summed E-state index contributed by atoms with van der Waals surface area (Å²) >= 11 is 5.87. The summed E-state index contributed by atoms with van der Waals surface area (Å²) in [7, 11) is 0. The zero-order valence-corrected chi connectivity index (χ0v) is 18.8. The number of ether oxygens (including phenoxy) is 1. The Hall–Kier alpha value is -2.15. The molecule has 180 valence electrons. The lowest BCUT2D eigenvalue weighted by atomic mass is 9.78. The molecule has 1 saturated carbocycles. The molecular weight excluding hydrogens is 466 g/mol. The minimum absolute atomic E-state index is 0.357. The summed E-state index contributed by atoms with van der Waals surface area (Å²) in [5.74, 6) is 0.672. The van der Waals surface area contributed by atoms with Crippen molar-refractivity contribution in [3.05, 3.63) is 64.2 Å². The molecule has 0 aromatic heterocycles. The minimum atomic E-state index is -5.76. The maximum Gasteiger partial charge on any atom is 0.439 e. The van der Waals surface area contributed by atoms with Gasteiger partial charge in [0.1, 0.15) is 5.75 Å². The molecule has 2 aromatic carbocycles. The van der Waals surface area contributed by atoms with E-state index in [9.17, 15) is 26.3 Å². The van der Waals surface area contributed by atoms with Crippen LogP contribution in [0.4, 0.5) is 26.3 Å². The molecule has 2 aromatic rings. The van der Waals surface area contributed by atoms with Crippen LogP contribution in [0.25, 0.3) is 12.2 Å². The van der Waals surface area contributed by atoms with E-state index in [1.54, 1.807) is 12.2 Å². The molecule has 8 heteroatoms. The number of benzene rings is 2. The Bertz CT molecular complexity index is 946. The summed E-state index contributed by atoms with van der Waals surface area (Å²) in [6.45, 7) is 2.24. The number of hydrogen-bond acceptors (Lipinski definition) is 1. The molecule has 0 amide bonds. The van der Waals surface area contributed by atoms with Crippen molar-refractivity contribution in [3.8, 4) is 5.75 Å². The second kappa shape index (κ2) is 10.4. The molecule has 1 nitrogen and oxygen atoms in total. The van der Waals surface area contributed by atoms with Crippen LogP contribution >= 0.6 is 11.6 Å². The molecule has 1 fully saturated rings. The molecule has 0 spiro atoms. The van der Waals surface area contributed by atoms with Crippen LogP contribution in [0, 0.1) is 5.92 Å². The van der Waals surface area contributed by atoms with Gasteiger partial charge in [-0.2, -0.15) is 22.0 Å². The van der Waals surface area contributed by atoms with Gasteiger partial charge in [-0.15, -0.1) is 0 Å². The first-order valence-electron chi connectivity index (χ1n) is 10.8. The van der Waals surface area contributed by atoms with E-state index < -0.39 is 24.2 Å². The molecule has 3 rings (SSSR count). The molecule has 1 atom stereocenters. The molecule has 0 radical (unpaired) electrons. The highest BCUT2D eigenvalue weighted by molar-refractivity contribution is 6.32. The van der Waals surface area contributed by atoms with Gasteiger partial charge in [0.15, 0.2) is 0 Å². The lowest BCUT2D eigenvalue weighted by Gasteiger charge is -2.28. The van der Waals surface area contributed by atoms with Crippen molar-refractivity contribution in [2.75, 3.05) is 0 Å².